The van der Waals surface area contributed by atoms with E-state index in [4.69, 9.17) is 0 Å². The van der Waals surface area contributed by atoms with Crippen LogP contribution in [0.15, 0.2) is 0 Å². The van der Waals surface area contributed by atoms with Gasteiger partial charge in [0, 0.05) is 19.0 Å². The number of hydrogen-bond donors (Lipinski definition) is 2. The quantitative estimate of drug-likeness (QED) is 0.803. The van der Waals surface area contributed by atoms with Gasteiger partial charge in [0.25, 0.3) is 0 Å². The van der Waals surface area contributed by atoms with E-state index in [0.717, 1.165) is 58.0 Å². The zero-order chi connectivity index (χ0) is 13.9. The topological polar surface area (TPSA) is 60.8 Å². The summed E-state index contributed by atoms with van der Waals surface area (Å²) < 4.78 is 0. The molecular formula is C15H27NO3. The van der Waals surface area contributed by atoms with Crippen molar-refractivity contribution in [2.45, 2.75) is 69.9 Å². The van der Waals surface area contributed by atoms with Crippen molar-refractivity contribution in [2.75, 3.05) is 13.1 Å². The maximum Gasteiger partial charge on any atom is 0.320 e. The molecule has 3 unspecified atom stereocenters. The van der Waals surface area contributed by atoms with Gasteiger partial charge in [-0.2, -0.15) is 0 Å². The van der Waals surface area contributed by atoms with E-state index in [2.05, 4.69) is 11.8 Å². The van der Waals surface area contributed by atoms with Crippen molar-refractivity contribution < 1.29 is 15.0 Å². The Labute approximate surface area is 115 Å². The summed E-state index contributed by atoms with van der Waals surface area (Å²) in [4.78, 5) is 13.5. The summed E-state index contributed by atoms with van der Waals surface area (Å²) in [6.45, 7) is 3.58. The predicted octanol–water partition coefficient (Wildman–Crippen LogP) is 2.26. The summed E-state index contributed by atoms with van der Waals surface area (Å²) in [5.74, 6) is -0.423. The third-order valence-electron chi connectivity index (χ3n) is 5.02. The van der Waals surface area contributed by atoms with E-state index in [9.17, 15) is 15.0 Å². The van der Waals surface area contributed by atoms with E-state index >= 15 is 0 Å². The SMILES string of the molecule is CCCCC(C(=O)O)N1CCC2(O)CCCCC2C1. The Balaban J connectivity index is 1.99. The Morgan fingerprint density at radius 1 is 1.42 bits per heavy atom. The van der Waals surface area contributed by atoms with Crippen molar-refractivity contribution in [3.63, 3.8) is 0 Å². The monoisotopic (exact) mass is 269 g/mol. The standard InChI is InChI=1S/C15H27NO3/c1-2-3-7-13(14(17)18)16-10-9-15(19)8-5-4-6-12(15)11-16/h12-13,19H,2-11H2,1H3,(H,17,18). The number of aliphatic hydroxyl groups is 1. The van der Waals surface area contributed by atoms with Gasteiger partial charge in [-0.1, -0.05) is 32.6 Å². The summed E-state index contributed by atoms with van der Waals surface area (Å²) >= 11 is 0. The first kappa shape index (κ1) is 14.8. The average molecular weight is 269 g/mol. The highest BCUT2D eigenvalue weighted by atomic mass is 16.4. The molecule has 4 heteroatoms. The van der Waals surface area contributed by atoms with Gasteiger partial charge in [-0.3, -0.25) is 9.69 Å². The van der Waals surface area contributed by atoms with Crippen molar-refractivity contribution in [3.8, 4) is 0 Å². The van der Waals surface area contributed by atoms with Crippen molar-refractivity contribution in [1.82, 2.24) is 4.90 Å². The lowest BCUT2D eigenvalue weighted by atomic mass is 9.71. The molecule has 2 rings (SSSR count). The van der Waals surface area contributed by atoms with Gasteiger partial charge in [-0.25, -0.2) is 0 Å². The van der Waals surface area contributed by atoms with E-state index in [-0.39, 0.29) is 12.0 Å². The normalized spacial score (nSPS) is 33.7. The number of hydrogen-bond acceptors (Lipinski definition) is 3. The Kier molecular flexibility index (Phi) is 4.85. The second kappa shape index (κ2) is 6.23. The van der Waals surface area contributed by atoms with Crippen molar-refractivity contribution in [2.24, 2.45) is 5.92 Å². The molecule has 110 valence electrons. The zero-order valence-corrected chi connectivity index (χ0v) is 12.0. The van der Waals surface area contributed by atoms with Crippen LogP contribution in [0.2, 0.25) is 0 Å². The van der Waals surface area contributed by atoms with Gasteiger partial charge in [0.2, 0.25) is 0 Å². The van der Waals surface area contributed by atoms with Crippen molar-refractivity contribution in [1.29, 1.82) is 0 Å². The number of unbranched alkanes of at least 4 members (excludes halogenated alkanes) is 1. The third kappa shape index (κ3) is 3.29. The lowest BCUT2D eigenvalue weighted by Crippen LogP contribution is -2.57. The van der Waals surface area contributed by atoms with Crippen LogP contribution < -0.4 is 0 Å². The van der Waals surface area contributed by atoms with Crippen molar-refractivity contribution >= 4 is 5.97 Å². The van der Waals surface area contributed by atoms with Gasteiger partial charge in [0.15, 0.2) is 0 Å². The molecule has 0 amide bonds. The van der Waals surface area contributed by atoms with E-state index < -0.39 is 11.6 Å². The molecule has 0 aromatic rings. The molecule has 0 aromatic heterocycles. The second-order valence-electron chi connectivity index (χ2n) is 6.29. The zero-order valence-electron chi connectivity index (χ0n) is 12.0. The fourth-order valence-electron chi connectivity index (χ4n) is 3.74. The van der Waals surface area contributed by atoms with Crippen LogP contribution >= 0.6 is 0 Å². The highest BCUT2D eigenvalue weighted by molar-refractivity contribution is 5.73. The molecule has 3 atom stereocenters. The molecule has 0 bridgehead atoms. The molecule has 1 saturated heterocycles. The number of piperidine rings is 1. The van der Waals surface area contributed by atoms with E-state index in [1.807, 2.05) is 0 Å². The Bertz CT molecular complexity index is 321. The van der Waals surface area contributed by atoms with E-state index in [0.29, 0.717) is 0 Å². The highest BCUT2D eigenvalue weighted by Gasteiger charge is 2.44. The number of fused-ring (bicyclic) bond motifs is 1. The summed E-state index contributed by atoms with van der Waals surface area (Å²) in [7, 11) is 0. The smallest absolute Gasteiger partial charge is 0.320 e. The molecule has 4 nitrogen and oxygen atoms in total. The van der Waals surface area contributed by atoms with Gasteiger partial charge < -0.3 is 10.2 Å². The molecule has 1 heterocycles. The van der Waals surface area contributed by atoms with Gasteiger partial charge >= 0.3 is 5.97 Å². The largest absolute Gasteiger partial charge is 0.480 e. The molecule has 2 aliphatic rings. The molecule has 2 fully saturated rings. The van der Waals surface area contributed by atoms with Crippen LogP contribution in [0.5, 0.6) is 0 Å². The van der Waals surface area contributed by atoms with Crippen molar-refractivity contribution in [3.05, 3.63) is 0 Å². The molecule has 0 spiro atoms. The number of aliphatic carboxylic acids is 1. The molecule has 1 aliphatic carbocycles. The molecule has 2 N–H and O–H groups in total. The average Bonchev–Trinajstić information content (AvgIpc) is 2.38. The van der Waals surface area contributed by atoms with Gasteiger partial charge in [-0.15, -0.1) is 0 Å². The minimum absolute atomic E-state index is 0.276. The third-order valence-corrected chi connectivity index (χ3v) is 5.02. The number of carboxylic acid groups (broad SMARTS) is 1. The lowest BCUT2D eigenvalue weighted by molar-refractivity contribution is -0.150. The van der Waals surface area contributed by atoms with Crippen LogP contribution in [-0.4, -0.2) is 45.8 Å². The molecule has 0 aromatic carbocycles. The second-order valence-corrected chi connectivity index (χ2v) is 6.29. The first-order valence-corrected chi connectivity index (χ1v) is 7.76. The van der Waals surface area contributed by atoms with Crippen LogP contribution in [0.3, 0.4) is 0 Å². The van der Waals surface area contributed by atoms with E-state index in [1.165, 1.54) is 6.42 Å². The van der Waals surface area contributed by atoms with Crippen LogP contribution in [-0.2, 0) is 4.79 Å². The first-order chi connectivity index (χ1) is 9.07. The maximum atomic E-state index is 11.4. The fourth-order valence-corrected chi connectivity index (χ4v) is 3.74. The number of nitrogens with zero attached hydrogens (tertiary/aromatic N) is 1. The summed E-state index contributed by atoms with van der Waals surface area (Å²) in [5, 5.41) is 20.0. The fraction of sp³-hybridized carbons (Fsp3) is 0.933. The number of carboxylic acids is 1. The number of carbonyl (C=O) groups is 1. The minimum atomic E-state index is -0.699. The maximum absolute atomic E-state index is 11.4. The lowest BCUT2D eigenvalue weighted by Gasteiger charge is -2.48. The number of rotatable bonds is 5. The predicted molar refractivity (Wildman–Crippen MR) is 74.0 cm³/mol. The minimum Gasteiger partial charge on any atom is -0.480 e. The number of likely N-dealkylation sites (tertiary alicyclic amines) is 1. The summed E-state index contributed by atoms with van der Waals surface area (Å²) in [6, 6.07) is -0.355. The molecular weight excluding hydrogens is 242 g/mol. The molecule has 1 saturated carbocycles. The van der Waals surface area contributed by atoms with E-state index in [1.54, 1.807) is 0 Å². The highest BCUT2D eigenvalue weighted by Crippen LogP contribution is 2.40. The van der Waals surface area contributed by atoms with Gasteiger partial charge in [-0.05, 0) is 25.7 Å². The Morgan fingerprint density at radius 3 is 2.89 bits per heavy atom. The van der Waals surface area contributed by atoms with Crippen LogP contribution in [0, 0.1) is 5.92 Å². The summed E-state index contributed by atoms with van der Waals surface area (Å²) in [6.07, 6.45) is 7.71. The molecule has 19 heavy (non-hydrogen) atoms. The van der Waals surface area contributed by atoms with Crippen LogP contribution in [0.25, 0.3) is 0 Å². The van der Waals surface area contributed by atoms with Gasteiger partial charge in [0.05, 0.1) is 5.60 Å². The van der Waals surface area contributed by atoms with Crippen LogP contribution in [0.4, 0.5) is 0 Å². The Morgan fingerprint density at radius 2 is 2.21 bits per heavy atom. The first-order valence-electron chi connectivity index (χ1n) is 7.76. The molecule has 1 aliphatic heterocycles. The van der Waals surface area contributed by atoms with Gasteiger partial charge in [0.1, 0.15) is 6.04 Å². The van der Waals surface area contributed by atoms with Crippen LogP contribution in [0.1, 0.15) is 58.3 Å². The Hall–Kier alpha value is -0.610. The summed E-state index contributed by atoms with van der Waals surface area (Å²) in [5.41, 5.74) is -0.511. The molecule has 0 radical (unpaired) electrons.